The van der Waals surface area contributed by atoms with Crippen LogP contribution in [0.25, 0.3) is 0 Å². The van der Waals surface area contributed by atoms with Crippen molar-refractivity contribution in [2.24, 2.45) is 7.05 Å². The van der Waals surface area contributed by atoms with Gasteiger partial charge in [0.05, 0.1) is 4.92 Å². The topological polar surface area (TPSA) is 70.2 Å². The molecule has 6 nitrogen and oxygen atoms in total. The van der Waals surface area contributed by atoms with Crippen LogP contribution in [0.2, 0.25) is 0 Å². The smallest absolute Gasteiger partial charge is 0.350 e. The SMILES string of the molecule is Cn1cc([N+](=O)[O-])c(OC2CC(F)(F)C2)n1. The number of ether oxygens (including phenoxy) is 1. The van der Waals surface area contributed by atoms with Gasteiger partial charge in [0.15, 0.2) is 0 Å². The molecule has 0 amide bonds. The largest absolute Gasteiger partial charge is 0.468 e. The Hall–Kier alpha value is -1.73. The van der Waals surface area contributed by atoms with E-state index in [0.29, 0.717) is 0 Å². The van der Waals surface area contributed by atoms with Gasteiger partial charge in [0.2, 0.25) is 0 Å². The zero-order valence-electron chi connectivity index (χ0n) is 8.39. The zero-order valence-corrected chi connectivity index (χ0v) is 8.39. The van der Waals surface area contributed by atoms with Gasteiger partial charge in [-0.1, -0.05) is 0 Å². The summed E-state index contributed by atoms with van der Waals surface area (Å²) in [4.78, 5) is 9.92. The van der Waals surface area contributed by atoms with Crippen LogP contribution in [-0.4, -0.2) is 26.7 Å². The molecular weight excluding hydrogens is 224 g/mol. The molecule has 0 spiro atoms. The van der Waals surface area contributed by atoms with E-state index in [1.54, 1.807) is 0 Å². The summed E-state index contributed by atoms with van der Waals surface area (Å²) < 4.78 is 31.3. The van der Waals surface area contributed by atoms with Crippen LogP contribution in [0.5, 0.6) is 5.88 Å². The van der Waals surface area contributed by atoms with Crippen LogP contribution in [0.1, 0.15) is 12.8 Å². The minimum absolute atomic E-state index is 0.201. The van der Waals surface area contributed by atoms with Gasteiger partial charge in [0, 0.05) is 19.9 Å². The Kier molecular flexibility index (Phi) is 2.28. The molecule has 1 aromatic heterocycles. The van der Waals surface area contributed by atoms with Crippen molar-refractivity contribution in [2.45, 2.75) is 24.9 Å². The molecule has 0 bridgehead atoms. The van der Waals surface area contributed by atoms with Crippen LogP contribution in [0.3, 0.4) is 0 Å². The Balaban J connectivity index is 2.07. The Morgan fingerprint density at radius 3 is 2.81 bits per heavy atom. The predicted octanol–water partition coefficient (Wildman–Crippen LogP) is 1.50. The molecule has 1 saturated carbocycles. The Morgan fingerprint density at radius 1 is 1.69 bits per heavy atom. The van der Waals surface area contributed by atoms with Crippen molar-refractivity contribution in [1.82, 2.24) is 9.78 Å². The lowest BCUT2D eigenvalue weighted by atomic mass is 9.91. The van der Waals surface area contributed by atoms with Crippen molar-refractivity contribution in [3.05, 3.63) is 16.3 Å². The molecule has 1 aliphatic carbocycles. The average Bonchev–Trinajstić information content (AvgIpc) is 2.43. The summed E-state index contributed by atoms with van der Waals surface area (Å²) in [5.41, 5.74) is -0.308. The van der Waals surface area contributed by atoms with Crippen molar-refractivity contribution in [3.63, 3.8) is 0 Å². The first-order valence-electron chi connectivity index (χ1n) is 4.60. The molecule has 1 fully saturated rings. The van der Waals surface area contributed by atoms with Gasteiger partial charge in [0.1, 0.15) is 12.3 Å². The summed E-state index contributed by atoms with van der Waals surface area (Å²) in [6.45, 7) is 0. The van der Waals surface area contributed by atoms with Crippen LogP contribution < -0.4 is 4.74 Å². The molecule has 0 saturated heterocycles. The molecule has 88 valence electrons. The number of hydrogen-bond donors (Lipinski definition) is 0. The lowest BCUT2D eigenvalue weighted by molar-refractivity contribution is -0.386. The molecule has 2 rings (SSSR count). The molecule has 0 radical (unpaired) electrons. The molecule has 1 heterocycles. The van der Waals surface area contributed by atoms with Crippen LogP contribution in [0.4, 0.5) is 14.5 Å². The number of nitro groups is 1. The van der Waals surface area contributed by atoms with E-state index >= 15 is 0 Å². The van der Waals surface area contributed by atoms with E-state index in [1.165, 1.54) is 17.9 Å². The van der Waals surface area contributed by atoms with E-state index in [0.717, 1.165) is 0 Å². The summed E-state index contributed by atoms with van der Waals surface area (Å²) in [5.74, 6) is -2.91. The predicted molar refractivity (Wildman–Crippen MR) is 48.5 cm³/mol. The van der Waals surface area contributed by atoms with Crippen LogP contribution in [-0.2, 0) is 7.05 Å². The van der Waals surface area contributed by atoms with Crippen LogP contribution >= 0.6 is 0 Å². The Labute approximate surface area is 89.0 Å². The molecule has 0 N–H and O–H groups in total. The number of rotatable bonds is 3. The second-order valence-corrected chi connectivity index (χ2v) is 3.75. The summed E-state index contributed by atoms with van der Waals surface area (Å²) >= 11 is 0. The highest BCUT2D eigenvalue weighted by molar-refractivity contribution is 5.38. The highest BCUT2D eigenvalue weighted by Gasteiger charge is 2.47. The van der Waals surface area contributed by atoms with Crippen molar-refractivity contribution in [2.75, 3.05) is 0 Å². The van der Waals surface area contributed by atoms with Gasteiger partial charge >= 0.3 is 11.6 Å². The van der Waals surface area contributed by atoms with Gasteiger partial charge in [-0.2, -0.15) is 0 Å². The van der Waals surface area contributed by atoms with E-state index in [4.69, 9.17) is 4.74 Å². The fourth-order valence-corrected chi connectivity index (χ4v) is 1.51. The maximum atomic E-state index is 12.5. The van der Waals surface area contributed by atoms with Gasteiger partial charge < -0.3 is 4.74 Å². The lowest BCUT2D eigenvalue weighted by Gasteiger charge is -2.33. The van der Waals surface area contributed by atoms with Gasteiger partial charge in [-0.15, -0.1) is 5.10 Å². The third-order valence-electron chi connectivity index (χ3n) is 2.30. The van der Waals surface area contributed by atoms with Gasteiger partial charge in [-0.3, -0.25) is 14.8 Å². The summed E-state index contributed by atoms with van der Waals surface area (Å²) in [6, 6.07) is 0. The highest BCUT2D eigenvalue weighted by atomic mass is 19.3. The number of aromatic nitrogens is 2. The monoisotopic (exact) mass is 233 g/mol. The lowest BCUT2D eigenvalue weighted by Crippen LogP contribution is -2.43. The molecule has 0 aromatic carbocycles. The van der Waals surface area contributed by atoms with E-state index < -0.39 is 29.8 Å². The molecule has 16 heavy (non-hydrogen) atoms. The molecule has 0 unspecified atom stereocenters. The van der Waals surface area contributed by atoms with Gasteiger partial charge in [0.25, 0.3) is 5.92 Å². The first-order chi connectivity index (χ1) is 7.37. The number of nitrogens with zero attached hydrogens (tertiary/aromatic N) is 3. The van der Waals surface area contributed by atoms with E-state index in [9.17, 15) is 18.9 Å². The van der Waals surface area contributed by atoms with Gasteiger partial charge in [-0.25, -0.2) is 8.78 Å². The van der Waals surface area contributed by atoms with Crippen molar-refractivity contribution < 1.29 is 18.4 Å². The molecule has 1 aliphatic rings. The minimum Gasteiger partial charge on any atom is -0.468 e. The molecule has 0 aliphatic heterocycles. The summed E-state index contributed by atoms with van der Waals surface area (Å²) in [7, 11) is 1.50. The standard InChI is InChI=1S/C8H9F2N3O3/c1-12-4-6(13(14)15)7(11-12)16-5-2-8(9,10)3-5/h4-5H,2-3H2,1H3. The van der Waals surface area contributed by atoms with E-state index in [1.807, 2.05) is 0 Å². The molecular formula is C8H9F2N3O3. The summed E-state index contributed by atoms with van der Waals surface area (Å²) in [5, 5.41) is 14.3. The maximum Gasteiger partial charge on any atom is 0.350 e. The Bertz CT molecular complexity index is 424. The second kappa shape index (κ2) is 3.39. The summed E-state index contributed by atoms with van der Waals surface area (Å²) in [6.07, 6.45) is -0.350. The fraction of sp³-hybridized carbons (Fsp3) is 0.625. The molecule has 8 heteroatoms. The Morgan fingerprint density at radius 2 is 2.31 bits per heavy atom. The van der Waals surface area contributed by atoms with Gasteiger partial charge in [-0.05, 0) is 0 Å². The van der Waals surface area contributed by atoms with E-state index in [-0.39, 0.29) is 11.6 Å². The van der Waals surface area contributed by atoms with Crippen LogP contribution in [0, 0.1) is 10.1 Å². The quantitative estimate of drug-likeness (QED) is 0.586. The van der Waals surface area contributed by atoms with Crippen LogP contribution in [0.15, 0.2) is 6.20 Å². The third kappa shape index (κ3) is 1.95. The van der Waals surface area contributed by atoms with Crippen molar-refractivity contribution >= 4 is 5.69 Å². The zero-order chi connectivity index (χ0) is 11.9. The number of aryl methyl sites for hydroxylation is 1. The number of halogens is 2. The maximum absolute atomic E-state index is 12.5. The third-order valence-corrected chi connectivity index (χ3v) is 2.30. The van der Waals surface area contributed by atoms with E-state index in [2.05, 4.69) is 5.10 Å². The average molecular weight is 233 g/mol. The number of hydrogen-bond acceptors (Lipinski definition) is 4. The molecule has 1 aromatic rings. The molecule has 0 atom stereocenters. The number of alkyl halides is 2. The normalized spacial score (nSPS) is 19.2. The van der Waals surface area contributed by atoms with Crippen molar-refractivity contribution in [3.8, 4) is 5.88 Å². The first-order valence-corrected chi connectivity index (χ1v) is 4.60. The second-order valence-electron chi connectivity index (χ2n) is 3.75. The first kappa shape index (κ1) is 10.8. The minimum atomic E-state index is -2.71. The van der Waals surface area contributed by atoms with Crippen molar-refractivity contribution in [1.29, 1.82) is 0 Å². The highest BCUT2D eigenvalue weighted by Crippen LogP contribution is 2.40. The fourth-order valence-electron chi connectivity index (χ4n) is 1.51.